The molecule has 6 nitrogen and oxygen atoms in total. The van der Waals surface area contributed by atoms with Crippen LogP contribution in [0.4, 0.5) is 5.69 Å². The van der Waals surface area contributed by atoms with Gasteiger partial charge in [-0.1, -0.05) is 12.8 Å². The number of tetrazole rings is 1. The molecule has 1 aliphatic carbocycles. The predicted octanol–water partition coefficient (Wildman–Crippen LogP) is 2.03. The molecule has 1 fully saturated rings. The van der Waals surface area contributed by atoms with Crippen LogP contribution in [0.5, 0.6) is 0 Å². The first-order chi connectivity index (χ1) is 9.86. The van der Waals surface area contributed by atoms with Crippen LogP contribution in [-0.2, 0) is 4.74 Å². The zero-order chi connectivity index (χ0) is 13.8. The van der Waals surface area contributed by atoms with Gasteiger partial charge in [0, 0.05) is 12.8 Å². The molecule has 1 aromatic carbocycles. The first-order valence-electron chi connectivity index (χ1n) is 6.99. The average Bonchev–Trinajstić information content (AvgIpc) is 3.03. The summed E-state index contributed by atoms with van der Waals surface area (Å²) in [6.45, 7) is 0. The molecule has 1 aromatic heterocycles. The summed E-state index contributed by atoms with van der Waals surface area (Å²) in [5, 5.41) is 14.7. The zero-order valence-electron chi connectivity index (χ0n) is 11.6. The highest BCUT2D eigenvalue weighted by molar-refractivity contribution is 5.49. The van der Waals surface area contributed by atoms with Crippen LogP contribution in [0.15, 0.2) is 30.6 Å². The van der Waals surface area contributed by atoms with E-state index in [4.69, 9.17) is 4.74 Å². The minimum absolute atomic E-state index is 0.308. The Morgan fingerprint density at radius 3 is 2.70 bits per heavy atom. The van der Waals surface area contributed by atoms with Gasteiger partial charge < -0.3 is 10.1 Å². The van der Waals surface area contributed by atoms with Crippen LogP contribution in [0.2, 0.25) is 0 Å². The maximum absolute atomic E-state index is 5.57. The van der Waals surface area contributed by atoms with Gasteiger partial charge in [-0.05, 0) is 47.5 Å². The van der Waals surface area contributed by atoms with E-state index in [1.807, 2.05) is 12.1 Å². The van der Waals surface area contributed by atoms with E-state index in [9.17, 15) is 0 Å². The Bertz CT molecular complexity index is 525. The predicted molar refractivity (Wildman–Crippen MR) is 75.8 cm³/mol. The molecule has 1 aliphatic rings. The number of benzene rings is 1. The second-order valence-electron chi connectivity index (χ2n) is 5.11. The molecule has 0 bridgehead atoms. The van der Waals surface area contributed by atoms with Gasteiger partial charge in [-0.3, -0.25) is 0 Å². The highest BCUT2D eigenvalue weighted by atomic mass is 16.5. The summed E-state index contributed by atoms with van der Waals surface area (Å²) in [6.07, 6.45) is 6.71. The van der Waals surface area contributed by atoms with Crippen molar-refractivity contribution in [2.75, 3.05) is 12.4 Å². The number of hydrogen-bond acceptors (Lipinski definition) is 5. The lowest BCUT2D eigenvalue weighted by atomic mass is 9.92. The van der Waals surface area contributed by atoms with Gasteiger partial charge in [0.05, 0.1) is 17.8 Å². The molecule has 2 atom stereocenters. The van der Waals surface area contributed by atoms with Crippen molar-refractivity contribution in [2.24, 2.45) is 0 Å². The van der Waals surface area contributed by atoms with Crippen LogP contribution in [0.1, 0.15) is 25.7 Å². The van der Waals surface area contributed by atoms with Crippen LogP contribution in [0.25, 0.3) is 5.69 Å². The molecule has 20 heavy (non-hydrogen) atoms. The summed E-state index contributed by atoms with van der Waals surface area (Å²) in [7, 11) is 1.80. The highest BCUT2D eigenvalue weighted by Crippen LogP contribution is 2.24. The third-order valence-electron chi connectivity index (χ3n) is 3.84. The molecule has 2 aromatic rings. The van der Waals surface area contributed by atoms with Crippen LogP contribution < -0.4 is 5.32 Å². The lowest BCUT2D eigenvalue weighted by Gasteiger charge is -2.31. The molecule has 1 saturated carbocycles. The van der Waals surface area contributed by atoms with Crippen molar-refractivity contribution in [1.29, 1.82) is 0 Å². The number of hydrogen-bond donors (Lipinski definition) is 1. The van der Waals surface area contributed by atoms with Gasteiger partial charge in [-0.15, -0.1) is 5.10 Å². The Kier molecular flexibility index (Phi) is 3.92. The Hall–Kier alpha value is -1.95. The number of methoxy groups -OCH3 is 1. The minimum atomic E-state index is 0.308. The summed E-state index contributed by atoms with van der Waals surface area (Å²) < 4.78 is 7.21. The molecule has 0 spiro atoms. The van der Waals surface area contributed by atoms with E-state index < -0.39 is 0 Å². The van der Waals surface area contributed by atoms with E-state index in [-0.39, 0.29) is 0 Å². The fraction of sp³-hybridized carbons (Fsp3) is 0.500. The number of anilines is 1. The van der Waals surface area contributed by atoms with Crippen molar-refractivity contribution in [3.05, 3.63) is 30.6 Å². The second-order valence-corrected chi connectivity index (χ2v) is 5.11. The Balaban J connectivity index is 1.68. The summed E-state index contributed by atoms with van der Waals surface area (Å²) in [6, 6.07) is 8.51. The first kappa shape index (κ1) is 13.1. The SMILES string of the molecule is COC1CCCCC1Nc1ccc(-n2cnnn2)cc1. The maximum atomic E-state index is 5.57. The number of nitrogens with one attached hydrogen (secondary N) is 1. The Morgan fingerprint density at radius 1 is 1.20 bits per heavy atom. The molecule has 2 unspecified atom stereocenters. The summed E-state index contributed by atoms with van der Waals surface area (Å²) in [5.41, 5.74) is 2.06. The van der Waals surface area contributed by atoms with E-state index in [0.29, 0.717) is 12.1 Å². The molecule has 106 valence electrons. The van der Waals surface area contributed by atoms with Gasteiger partial charge in [-0.2, -0.15) is 0 Å². The lowest BCUT2D eigenvalue weighted by molar-refractivity contribution is 0.0606. The van der Waals surface area contributed by atoms with E-state index in [1.54, 1.807) is 18.1 Å². The number of rotatable bonds is 4. The quantitative estimate of drug-likeness (QED) is 0.923. The van der Waals surface area contributed by atoms with Gasteiger partial charge in [0.1, 0.15) is 6.33 Å². The monoisotopic (exact) mass is 273 g/mol. The molecule has 0 amide bonds. The molecule has 6 heteroatoms. The highest BCUT2D eigenvalue weighted by Gasteiger charge is 2.24. The Morgan fingerprint density at radius 2 is 2.00 bits per heavy atom. The van der Waals surface area contributed by atoms with Gasteiger partial charge in [-0.25, -0.2) is 4.68 Å². The van der Waals surface area contributed by atoms with Crippen molar-refractivity contribution in [3.63, 3.8) is 0 Å². The number of nitrogens with zero attached hydrogens (tertiary/aromatic N) is 4. The van der Waals surface area contributed by atoms with E-state index in [1.165, 1.54) is 12.8 Å². The average molecular weight is 273 g/mol. The van der Waals surface area contributed by atoms with Gasteiger partial charge in [0.15, 0.2) is 0 Å². The normalized spacial score (nSPS) is 22.6. The standard InChI is InChI=1S/C14H19N5O/c1-20-14-5-3-2-4-13(14)16-11-6-8-12(9-7-11)19-10-15-17-18-19/h6-10,13-14,16H,2-5H2,1H3. The largest absolute Gasteiger partial charge is 0.380 e. The molecule has 1 N–H and O–H groups in total. The molecule has 0 radical (unpaired) electrons. The molecule has 3 rings (SSSR count). The van der Waals surface area contributed by atoms with Crippen molar-refractivity contribution in [1.82, 2.24) is 20.2 Å². The van der Waals surface area contributed by atoms with Crippen molar-refractivity contribution in [3.8, 4) is 5.69 Å². The van der Waals surface area contributed by atoms with Crippen LogP contribution in [0.3, 0.4) is 0 Å². The third-order valence-corrected chi connectivity index (χ3v) is 3.84. The van der Waals surface area contributed by atoms with Crippen LogP contribution in [0, 0.1) is 0 Å². The van der Waals surface area contributed by atoms with Gasteiger partial charge >= 0.3 is 0 Å². The molecular formula is C14H19N5O. The summed E-state index contributed by atoms with van der Waals surface area (Å²) >= 11 is 0. The maximum Gasteiger partial charge on any atom is 0.143 e. The second kappa shape index (κ2) is 6.00. The first-order valence-corrected chi connectivity index (χ1v) is 6.99. The zero-order valence-corrected chi connectivity index (χ0v) is 11.6. The van der Waals surface area contributed by atoms with Crippen LogP contribution >= 0.6 is 0 Å². The molecule has 1 heterocycles. The van der Waals surface area contributed by atoms with Crippen molar-refractivity contribution >= 4 is 5.69 Å². The van der Waals surface area contributed by atoms with Crippen molar-refractivity contribution in [2.45, 2.75) is 37.8 Å². The molecule has 0 aliphatic heterocycles. The summed E-state index contributed by atoms with van der Waals surface area (Å²) in [5.74, 6) is 0. The molecular weight excluding hydrogens is 254 g/mol. The lowest BCUT2D eigenvalue weighted by Crippen LogP contribution is -2.37. The number of aromatic nitrogens is 4. The van der Waals surface area contributed by atoms with Gasteiger partial charge in [0.25, 0.3) is 0 Å². The smallest absolute Gasteiger partial charge is 0.143 e. The van der Waals surface area contributed by atoms with E-state index in [0.717, 1.165) is 24.2 Å². The summed E-state index contributed by atoms with van der Waals surface area (Å²) in [4.78, 5) is 0. The number of ether oxygens (including phenoxy) is 1. The van der Waals surface area contributed by atoms with E-state index >= 15 is 0 Å². The van der Waals surface area contributed by atoms with Crippen molar-refractivity contribution < 1.29 is 4.74 Å². The van der Waals surface area contributed by atoms with Gasteiger partial charge in [0.2, 0.25) is 0 Å². The molecule has 0 saturated heterocycles. The Labute approximate surface area is 118 Å². The third kappa shape index (κ3) is 2.80. The fourth-order valence-electron chi connectivity index (χ4n) is 2.75. The van der Waals surface area contributed by atoms with E-state index in [2.05, 4.69) is 33.0 Å². The fourth-order valence-corrected chi connectivity index (χ4v) is 2.75. The minimum Gasteiger partial charge on any atom is -0.380 e. The van der Waals surface area contributed by atoms with Crippen LogP contribution in [-0.4, -0.2) is 39.5 Å². The topological polar surface area (TPSA) is 64.9 Å².